The molecule has 3 rings (SSSR count). The third-order valence-electron chi connectivity index (χ3n) is 3.20. The molecule has 0 fully saturated rings. The molecule has 0 unspecified atom stereocenters. The molecular formula is C17H11ClFNO3. The van der Waals surface area contributed by atoms with Crippen LogP contribution in [-0.2, 0) is 9.53 Å². The maximum atomic E-state index is 13.4. The zero-order valence-electron chi connectivity index (χ0n) is 12.0. The predicted molar refractivity (Wildman–Crippen MR) is 85.0 cm³/mol. The molecule has 116 valence electrons. The molecule has 2 aromatic carbocycles. The van der Waals surface area contributed by atoms with Crippen molar-refractivity contribution in [2.24, 2.45) is 4.99 Å². The lowest BCUT2D eigenvalue weighted by atomic mass is 10.1. The number of benzene rings is 2. The highest BCUT2D eigenvalue weighted by atomic mass is 35.5. The highest BCUT2D eigenvalue weighted by molar-refractivity contribution is 6.30. The molecule has 0 bridgehead atoms. The van der Waals surface area contributed by atoms with Gasteiger partial charge in [-0.05, 0) is 48.5 Å². The summed E-state index contributed by atoms with van der Waals surface area (Å²) in [4.78, 5) is 16.1. The minimum atomic E-state index is -0.610. The number of rotatable bonds is 3. The molecule has 4 nitrogen and oxygen atoms in total. The van der Waals surface area contributed by atoms with Gasteiger partial charge in [-0.25, -0.2) is 14.2 Å². The van der Waals surface area contributed by atoms with Crippen molar-refractivity contribution in [3.63, 3.8) is 0 Å². The average Bonchev–Trinajstić information content (AvgIpc) is 2.89. The molecule has 1 heterocycles. The minimum absolute atomic E-state index is 0.0684. The van der Waals surface area contributed by atoms with Gasteiger partial charge in [-0.15, -0.1) is 0 Å². The Hall–Kier alpha value is -2.66. The van der Waals surface area contributed by atoms with E-state index < -0.39 is 11.8 Å². The molecule has 0 atom stereocenters. The summed E-state index contributed by atoms with van der Waals surface area (Å²) < 4.78 is 23.7. The molecule has 0 saturated carbocycles. The van der Waals surface area contributed by atoms with Crippen LogP contribution in [0.3, 0.4) is 0 Å². The second-order valence-corrected chi connectivity index (χ2v) is 5.17. The normalized spacial score (nSPS) is 15.5. The molecule has 1 aliphatic rings. The monoisotopic (exact) mass is 331 g/mol. The van der Waals surface area contributed by atoms with Crippen molar-refractivity contribution < 1.29 is 18.7 Å². The zero-order valence-corrected chi connectivity index (χ0v) is 12.8. The Balaban J connectivity index is 1.98. The fraction of sp³-hybridized carbons (Fsp3) is 0.0588. The highest BCUT2D eigenvalue weighted by Gasteiger charge is 2.24. The van der Waals surface area contributed by atoms with Crippen LogP contribution in [0.25, 0.3) is 6.08 Å². The summed E-state index contributed by atoms with van der Waals surface area (Å²) in [6, 6.07) is 10.7. The Labute approximate surface area is 136 Å². The largest absolute Gasteiger partial charge is 0.496 e. The van der Waals surface area contributed by atoms with Gasteiger partial charge >= 0.3 is 5.97 Å². The van der Waals surface area contributed by atoms with E-state index in [4.69, 9.17) is 21.1 Å². The van der Waals surface area contributed by atoms with Crippen molar-refractivity contribution in [2.75, 3.05) is 7.11 Å². The van der Waals surface area contributed by atoms with Crippen molar-refractivity contribution in [3.8, 4) is 5.75 Å². The topological polar surface area (TPSA) is 47.9 Å². The van der Waals surface area contributed by atoms with Gasteiger partial charge in [0, 0.05) is 16.1 Å². The Morgan fingerprint density at radius 3 is 2.65 bits per heavy atom. The summed E-state index contributed by atoms with van der Waals surface area (Å²) >= 11 is 5.82. The maximum Gasteiger partial charge on any atom is 0.363 e. The van der Waals surface area contributed by atoms with Gasteiger partial charge in [0.05, 0.1) is 7.11 Å². The van der Waals surface area contributed by atoms with Crippen LogP contribution in [0.5, 0.6) is 5.75 Å². The molecule has 0 aliphatic carbocycles. The van der Waals surface area contributed by atoms with Gasteiger partial charge in [0.1, 0.15) is 11.6 Å². The quantitative estimate of drug-likeness (QED) is 0.634. The van der Waals surface area contributed by atoms with Crippen molar-refractivity contribution in [1.82, 2.24) is 0 Å². The molecule has 0 amide bonds. The van der Waals surface area contributed by atoms with Crippen molar-refractivity contribution in [1.29, 1.82) is 0 Å². The fourth-order valence-electron chi connectivity index (χ4n) is 2.09. The number of cyclic esters (lactones) is 1. The molecule has 0 aromatic heterocycles. The molecule has 23 heavy (non-hydrogen) atoms. The summed E-state index contributed by atoms with van der Waals surface area (Å²) in [5.74, 6) is -0.442. The second-order valence-electron chi connectivity index (χ2n) is 4.73. The first-order valence-corrected chi connectivity index (χ1v) is 7.06. The lowest BCUT2D eigenvalue weighted by molar-refractivity contribution is -0.129. The lowest BCUT2D eigenvalue weighted by Crippen LogP contribution is -2.05. The fourth-order valence-corrected chi connectivity index (χ4v) is 2.22. The number of hydrogen-bond acceptors (Lipinski definition) is 4. The van der Waals surface area contributed by atoms with Crippen LogP contribution in [0.4, 0.5) is 4.39 Å². The van der Waals surface area contributed by atoms with Gasteiger partial charge in [-0.1, -0.05) is 11.6 Å². The standard InChI is InChI=1S/C17H11ClFNO3/c1-22-15-7-6-13(19)8-11(15)9-14-17(21)23-16(20-14)10-2-4-12(18)5-3-10/h2-9H,1H3/b14-9+. The molecular weight excluding hydrogens is 321 g/mol. The highest BCUT2D eigenvalue weighted by Crippen LogP contribution is 2.25. The zero-order chi connectivity index (χ0) is 16.4. The first-order chi connectivity index (χ1) is 11.1. The Bertz CT molecular complexity index is 828. The van der Waals surface area contributed by atoms with Crippen LogP contribution < -0.4 is 4.74 Å². The number of carbonyl (C=O) groups is 1. The summed E-state index contributed by atoms with van der Waals surface area (Å²) in [5, 5.41) is 0.568. The van der Waals surface area contributed by atoms with Crippen LogP contribution >= 0.6 is 11.6 Å². The third kappa shape index (κ3) is 3.24. The van der Waals surface area contributed by atoms with Crippen LogP contribution in [0.15, 0.2) is 53.2 Å². The molecule has 6 heteroatoms. The molecule has 0 radical (unpaired) electrons. The summed E-state index contributed by atoms with van der Waals surface area (Å²) in [7, 11) is 1.46. The summed E-state index contributed by atoms with van der Waals surface area (Å²) in [6.45, 7) is 0. The smallest absolute Gasteiger partial charge is 0.363 e. The Morgan fingerprint density at radius 1 is 1.22 bits per heavy atom. The molecule has 2 aromatic rings. The number of carbonyl (C=O) groups excluding carboxylic acids is 1. The van der Waals surface area contributed by atoms with Crippen LogP contribution in [0.1, 0.15) is 11.1 Å². The maximum absolute atomic E-state index is 13.4. The van der Waals surface area contributed by atoms with E-state index >= 15 is 0 Å². The third-order valence-corrected chi connectivity index (χ3v) is 3.45. The van der Waals surface area contributed by atoms with Gasteiger partial charge in [0.25, 0.3) is 0 Å². The Kier molecular flexibility index (Phi) is 4.12. The SMILES string of the molecule is COc1ccc(F)cc1/C=C1/N=C(c2ccc(Cl)cc2)OC1=O. The van der Waals surface area contributed by atoms with E-state index in [1.165, 1.54) is 31.4 Å². The van der Waals surface area contributed by atoms with Crippen LogP contribution in [-0.4, -0.2) is 19.0 Å². The van der Waals surface area contributed by atoms with Crippen molar-refractivity contribution in [2.45, 2.75) is 0 Å². The second kappa shape index (κ2) is 6.22. The van der Waals surface area contributed by atoms with Gasteiger partial charge in [-0.3, -0.25) is 0 Å². The van der Waals surface area contributed by atoms with Gasteiger partial charge in [0.15, 0.2) is 5.70 Å². The first kappa shape index (κ1) is 15.2. The van der Waals surface area contributed by atoms with Crippen LogP contribution in [0, 0.1) is 5.82 Å². The van der Waals surface area contributed by atoms with E-state index in [9.17, 15) is 9.18 Å². The van der Waals surface area contributed by atoms with Crippen molar-refractivity contribution in [3.05, 3.63) is 70.1 Å². The Morgan fingerprint density at radius 2 is 1.96 bits per heavy atom. The number of hydrogen-bond donors (Lipinski definition) is 0. The predicted octanol–water partition coefficient (Wildman–Crippen LogP) is 3.83. The number of nitrogens with zero attached hydrogens (tertiary/aromatic N) is 1. The van der Waals surface area contributed by atoms with Gasteiger partial charge in [0.2, 0.25) is 5.90 Å². The van der Waals surface area contributed by atoms with Crippen LogP contribution in [0.2, 0.25) is 5.02 Å². The van der Waals surface area contributed by atoms with E-state index in [0.29, 0.717) is 21.9 Å². The van der Waals surface area contributed by atoms with E-state index in [0.717, 1.165) is 0 Å². The summed E-state index contributed by atoms with van der Waals surface area (Å²) in [6.07, 6.45) is 1.42. The molecule has 0 saturated heterocycles. The first-order valence-electron chi connectivity index (χ1n) is 6.69. The lowest BCUT2D eigenvalue weighted by Gasteiger charge is -2.04. The number of aliphatic imine (C=N–C) groups is 1. The number of esters is 1. The van der Waals surface area contributed by atoms with E-state index in [1.807, 2.05) is 0 Å². The molecule has 0 N–H and O–H groups in total. The number of ether oxygens (including phenoxy) is 2. The average molecular weight is 332 g/mol. The van der Waals surface area contributed by atoms with E-state index in [-0.39, 0.29) is 11.6 Å². The van der Waals surface area contributed by atoms with Gasteiger partial charge in [-0.2, -0.15) is 0 Å². The van der Waals surface area contributed by atoms with E-state index in [2.05, 4.69) is 4.99 Å². The molecule has 0 spiro atoms. The molecule has 1 aliphatic heterocycles. The summed E-state index contributed by atoms with van der Waals surface area (Å²) in [5.41, 5.74) is 1.09. The number of halogens is 2. The number of methoxy groups -OCH3 is 1. The van der Waals surface area contributed by atoms with Gasteiger partial charge < -0.3 is 9.47 Å². The van der Waals surface area contributed by atoms with Crippen molar-refractivity contribution >= 4 is 29.5 Å². The van der Waals surface area contributed by atoms with E-state index in [1.54, 1.807) is 24.3 Å². The minimum Gasteiger partial charge on any atom is -0.496 e.